The number of rotatable bonds is 4. The molecule has 0 aromatic rings. The lowest BCUT2D eigenvalue weighted by Gasteiger charge is -2.43. The Hall–Kier alpha value is -1.06. The van der Waals surface area contributed by atoms with Crippen LogP contribution in [0.5, 0.6) is 0 Å². The summed E-state index contributed by atoms with van der Waals surface area (Å²) >= 11 is 0. The Labute approximate surface area is 103 Å². The molecule has 0 radical (unpaired) electrons. The summed E-state index contributed by atoms with van der Waals surface area (Å²) < 4.78 is 0. The van der Waals surface area contributed by atoms with Gasteiger partial charge in [0.1, 0.15) is 5.54 Å². The molecule has 2 rings (SSSR count). The fourth-order valence-corrected chi connectivity index (χ4v) is 2.77. The minimum atomic E-state index is -0.640. The number of amides is 2. The molecular weight excluding hydrogens is 216 g/mol. The maximum absolute atomic E-state index is 12.4. The van der Waals surface area contributed by atoms with Crippen molar-refractivity contribution in [2.75, 3.05) is 13.1 Å². The topological polar surface area (TPSA) is 49.4 Å². The third-order valence-corrected chi connectivity index (χ3v) is 4.32. The third kappa shape index (κ3) is 2.17. The van der Waals surface area contributed by atoms with Gasteiger partial charge < -0.3 is 10.2 Å². The van der Waals surface area contributed by atoms with Gasteiger partial charge >= 0.3 is 0 Å². The highest BCUT2D eigenvalue weighted by Gasteiger charge is 2.44. The monoisotopic (exact) mass is 238 g/mol. The molecule has 0 spiro atoms. The summed E-state index contributed by atoms with van der Waals surface area (Å²) in [5.74, 6) is 0.734. The van der Waals surface area contributed by atoms with E-state index >= 15 is 0 Å². The molecule has 2 aliphatic rings. The van der Waals surface area contributed by atoms with Crippen molar-refractivity contribution in [2.24, 2.45) is 5.92 Å². The number of hydrogen-bond donors (Lipinski definition) is 1. The second-order valence-electron chi connectivity index (χ2n) is 5.32. The van der Waals surface area contributed by atoms with Crippen molar-refractivity contribution in [2.45, 2.75) is 51.5 Å². The number of hydrogen-bond acceptors (Lipinski definition) is 2. The molecule has 2 amide bonds. The first-order valence-corrected chi connectivity index (χ1v) is 6.71. The van der Waals surface area contributed by atoms with Crippen LogP contribution in [0.1, 0.15) is 46.0 Å². The molecule has 0 aromatic carbocycles. The molecule has 4 heteroatoms. The van der Waals surface area contributed by atoms with Crippen molar-refractivity contribution in [1.29, 1.82) is 0 Å². The molecule has 17 heavy (non-hydrogen) atoms. The SMILES string of the molecule is CCC1(CC)NC(=O)CN(CC2CCC2)C1=O. The minimum Gasteiger partial charge on any atom is -0.340 e. The minimum absolute atomic E-state index is 0.00683. The molecule has 1 saturated carbocycles. The van der Waals surface area contributed by atoms with Gasteiger partial charge in [-0.1, -0.05) is 20.3 Å². The average molecular weight is 238 g/mol. The lowest BCUT2D eigenvalue weighted by Crippen LogP contribution is -2.66. The van der Waals surface area contributed by atoms with Gasteiger partial charge in [-0.2, -0.15) is 0 Å². The molecule has 4 nitrogen and oxygen atoms in total. The lowest BCUT2D eigenvalue weighted by molar-refractivity contribution is -0.151. The Morgan fingerprint density at radius 2 is 1.94 bits per heavy atom. The van der Waals surface area contributed by atoms with Crippen LogP contribution >= 0.6 is 0 Å². The summed E-state index contributed by atoms with van der Waals surface area (Å²) in [6.07, 6.45) is 5.03. The quantitative estimate of drug-likeness (QED) is 0.802. The smallest absolute Gasteiger partial charge is 0.248 e. The van der Waals surface area contributed by atoms with E-state index in [1.165, 1.54) is 19.3 Å². The van der Waals surface area contributed by atoms with Crippen LogP contribution in [0.15, 0.2) is 0 Å². The first kappa shape index (κ1) is 12.4. The predicted octanol–water partition coefficient (Wildman–Crippen LogP) is 1.30. The van der Waals surface area contributed by atoms with E-state index in [0.717, 1.165) is 6.54 Å². The van der Waals surface area contributed by atoms with Gasteiger partial charge in [0.25, 0.3) is 0 Å². The lowest BCUT2D eigenvalue weighted by atomic mass is 9.83. The second kappa shape index (κ2) is 4.67. The van der Waals surface area contributed by atoms with Crippen LogP contribution in [0.4, 0.5) is 0 Å². The van der Waals surface area contributed by atoms with Gasteiger partial charge in [-0.05, 0) is 31.6 Å². The Balaban J connectivity index is 2.10. The second-order valence-corrected chi connectivity index (χ2v) is 5.32. The summed E-state index contributed by atoms with van der Waals surface area (Å²) in [5, 5.41) is 2.89. The molecule has 1 heterocycles. The average Bonchev–Trinajstić information content (AvgIpc) is 2.27. The van der Waals surface area contributed by atoms with Gasteiger partial charge in [0.2, 0.25) is 11.8 Å². The Bertz CT molecular complexity index is 319. The fourth-order valence-electron chi connectivity index (χ4n) is 2.77. The van der Waals surface area contributed by atoms with Crippen molar-refractivity contribution in [3.05, 3.63) is 0 Å². The van der Waals surface area contributed by atoms with Crippen LogP contribution in [-0.4, -0.2) is 35.3 Å². The zero-order valence-electron chi connectivity index (χ0n) is 10.8. The van der Waals surface area contributed by atoms with Gasteiger partial charge in [-0.25, -0.2) is 0 Å². The number of nitrogens with zero attached hydrogens (tertiary/aromatic N) is 1. The van der Waals surface area contributed by atoms with Crippen molar-refractivity contribution in [1.82, 2.24) is 10.2 Å². The molecule has 1 N–H and O–H groups in total. The van der Waals surface area contributed by atoms with Crippen molar-refractivity contribution < 1.29 is 9.59 Å². The number of carbonyl (C=O) groups is 2. The molecule has 0 aromatic heterocycles. The van der Waals surface area contributed by atoms with Crippen LogP contribution in [0.2, 0.25) is 0 Å². The van der Waals surface area contributed by atoms with Crippen LogP contribution in [0.25, 0.3) is 0 Å². The Morgan fingerprint density at radius 1 is 1.29 bits per heavy atom. The van der Waals surface area contributed by atoms with Crippen molar-refractivity contribution >= 4 is 11.8 Å². The maximum Gasteiger partial charge on any atom is 0.248 e. The van der Waals surface area contributed by atoms with Crippen LogP contribution in [0, 0.1) is 5.92 Å². The molecular formula is C13H22N2O2. The molecule has 0 atom stereocenters. The van der Waals surface area contributed by atoms with Gasteiger partial charge in [0.15, 0.2) is 0 Å². The van der Waals surface area contributed by atoms with Crippen LogP contribution in [0.3, 0.4) is 0 Å². The summed E-state index contributed by atoms with van der Waals surface area (Å²) in [5.41, 5.74) is -0.640. The summed E-state index contributed by atoms with van der Waals surface area (Å²) in [6, 6.07) is 0. The fraction of sp³-hybridized carbons (Fsp3) is 0.846. The van der Waals surface area contributed by atoms with E-state index in [-0.39, 0.29) is 18.4 Å². The predicted molar refractivity (Wildman–Crippen MR) is 65.4 cm³/mol. The Kier molecular flexibility index (Phi) is 3.40. The molecule has 1 aliphatic heterocycles. The highest BCUT2D eigenvalue weighted by molar-refractivity contribution is 5.97. The molecule has 2 fully saturated rings. The van der Waals surface area contributed by atoms with E-state index in [1.54, 1.807) is 4.90 Å². The van der Waals surface area contributed by atoms with Gasteiger partial charge in [-0.15, -0.1) is 0 Å². The molecule has 96 valence electrons. The largest absolute Gasteiger partial charge is 0.340 e. The molecule has 0 unspecified atom stereocenters. The number of nitrogens with one attached hydrogen (secondary N) is 1. The van der Waals surface area contributed by atoms with E-state index in [2.05, 4.69) is 5.32 Å². The van der Waals surface area contributed by atoms with E-state index in [0.29, 0.717) is 18.8 Å². The summed E-state index contributed by atoms with van der Waals surface area (Å²) in [6.45, 7) is 4.95. The standard InChI is InChI=1S/C13H22N2O2/c1-3-13(4-2)12(17)15(9-11(16)14-13)8-10-6-5-7-10/h10H,3-9H2,1-2H3,(H,14,16). The molecule has 0 bridgehead atoms. The molecule has 1 aliphatic carbocycles. The first-order valence-electron chi connectivity index (χ1n) is 6.71. The molecule has 1 saturated heterocycles. The maximum atomic E-state index is 12.4. The zero-order chi connectivity index (χ0) is 12.5. The van der Waals surface area contributed by atoms with E-state index < -0.39 is 5.54 Å². The van der Waals surface area contributed by atoms with Gasteiger partial charge in [0.05, 0.1) is 6.54 Å². The normalized spacial score (nSPS) is 24.5. The van der Waals surface area contributed by atoms with Gasteiger partial charge in [0, 0.05) is 6.54 Å². The van der Waals surface area contributed by atoms with Crippen molar-refractivity contribution in [3.8, 4) is 0 Å². The highest BCUT2D eigenvalue weighted by atomic mass is 16.2. The van der Waals surface area contributed by atoms with Crippen molar-refractivity contribution in [3.63, 3.8) is 0 Å². The van der Waals surface area contributed by atoms with E-state index in [9.17, 15) is 9.59 Å². The zero-order valence-corrected chi connectivity index (χ0v) is 10.8. The van der Waals surface area contributed by atoms with E-state index in [1.807, 2.05) is 13.8 Å². The van der Waals surface area contributed by atoms with Crippen LogP contribution < -0.4 is 5.32 Å². The Morgan fingerprint density at radius 3 is 2.41 bits per heavy atom. The number of piperazine rings is 1. The number of carbonyl (C=O) groups excluding carboxylic acids is 2. The van der Waals surface area contributed by atoms with Gasteiger partial charge in [-0.3, -0.25) is 9.59 Å². The third-order valence-electron chi connectivity index (χ3n) is 4.32. The highest BCUT2D eigenvalue weighted by Crippen LogP contribution is 2.29. The first-order chi connectivity index (χ1) is 8.11. The summed E-state index contributed by atoms with van der Waals surface area (Å²) in [4.78, 5) is 26.0. The van der Waals surface area contributed by atoms with E-state index in [4.69, 9.17) is 0 Å². The van der Waals surface area contributed by atoms with Crippen LogP contribution in [-0.2, 0) is 9.59 Å². The summed E-state index contributed by atoms with van der Waals surface area (Å²) in [7, 11) is 0.